The molecule has 1 aliphatic heterocycles. The first-order chi connectivity index (χ1) is 8.86. The summed E-state index contributed by atoms with van der Waals surface area (Å²) < 4.78 is 0. The molecule has 92 valence electrons. The smallest absolute Gasteiger partial charge is 0.108 e. The van der Waals surface area contributed by atoms with Crippen LogP contribution in [0.2, 0.25) is 0 Å². The van der Waals surface area contributed by atoms with Crippen molar-refractivity contribution in [3.63, 3.8) is 0 Å². The van der Waals surface area contributed by atoms with E-state index in [9.17, 15) is 0 Å². The van der Waals surface area contributed by atoms with Crippen molar-refractivity contribution in [1.29, 1.82) is 0 Å². The standard InChI is InChI=1S/C16H18N2/c1-17-12-13-18(15-10-6-3-7-11-15)16(17)14-8-4-2-5-9-14/h2-11,16H,12-13H2,1H3. The van der Waals surface area contributed by atoms with Gasteiger partial charge in [0.25, 0.3) is 0 Å². The molecule has 0 bridgehead atoms. The van der Waals surface area contributed by atoms with Crippen molar-refractivity contribution in [1.82, 2.24) is 4.90 Å². The maximum Gasteiger partial charge on any atom is 0.108 e. The quantitative estimate of drug-likeness (QED) is 0.793. The molecule has 1 aliphatic rings. The van der Waals surface area contributed by atoms with E-state index in [2.05, 4.69) is 77.5 Å². The van der Waals surface area contributed by atoms with Crippen LogP contribution >= 0.6 is 0 Å². The monoisotopic (exact) mass is 238 g/mol. The van der Waals surface area contributed by atoms with Gasteiger partial charge in [0.05, 0.1) is 0 Å². The number of anilines is 1. The van der Waals surface area contributed by atoms with E-state index in [0.29, 0.717) is 6.17 Å². The van der Waals surface area contributed by atoms with Gasteiger partial charge in [-0.2, -0.15) is 0 Å². The minimum Gasteiger partial charge on any atom is -0.350 e. The highest BCUT2D eigenvalue weighted by atomic mass is 15.4. The lowest BCUT2D eigenvalue weighted by atomic mass is 10.1. The van der Waals surface area contributed by atoms with Crippen molar-refractivity contribution in [2.45, 2.75) is 6.17 Å². The molecule has 0 N–H and O–H groups in total. The van der Waals surface area contributed by atoms with Gasteiger partial charge in [0, 0.05) is 18.8 Å². The third kappa shape index (κ3) is 2.00. The van der Waals surface area contributed by atoms with E-state index in [1.54, 1.807) is 0 Å². The molecule has 2 aromatic carbocycles. The van der Waals surface area contributed by atoms with Gasteiger partial charge in [-0.3, -0.25) is 4.90 Å². The average Bonchev–Trinajstić information content (AvgIpc) is 2.83. The summed E-state index contributed by atoms with van der Waals surface area (Å²) in [6.45, 7) is 2.19. The maximum atomic E-state index is 2.47. The van der Waals surface area contributed by atoms with Crippen molar-refractivity contribution in [2.75, 3.05) is 25.0 Å². The molecular formula is C16H18N2. The van der Waals surface area contributed by atoms with Gasteiger partial charge in [-0.05, 0) is 24.7 Å². The predicted molar refractivity (Wildman–Crippen MR) is 75.6 cm³/mol. The molecule has 1 fully saturated rings. The Hall–Kier alpha value is -1.80. The summed E-state index contributed by atoms with van der Waals surface area (Å²) in [5.74, 6) is 0. The maximum absolute atomic E-state index is 2.47. The van der Waals surface area contributed by atoms with Crippen molar-refractivity contribution in [3.05, 3.63) is 66.2 Å². The molecule has 1 atom stereocenters. The Bertz CT molecular complexity index is 495. The highest BCUT2D eigenvalue weighted by Gasteiger charge is 2.30. The summed E-state index contributed by atoms with van der Waals surface area (Å²) in [5.41, 5.74) is 2.66. The van der Waals surface area contributed by atoms with Crippen LogP contribution in [0.5, 0.6) is 0 Å². The second-order valence-electron chi connectivity index (χ2n) is 4.79. The molecule has 0 amide bonds. The number of benzene rings is 2. The highest BCUT2D eigenvalue weighted by molar-refractivity contribution is 5.49. The second-order valence-corrected chi connectivity index (χ2v) is 4.79. The minimum absolute atomic E-state index is 0.355. The number of rotatable bonds is 2. The van der Waals surface area contributed by atoms with Gasteiger partial charge >= 0.3 is 0 Å². The Labute approximate surface area is 108 Å². The Kier molecular flexibility index (Phi) is 3.03. The molecule has 1 saturated heterocycles. The van der Waals surface area contributed by atoms with Gasteiger partial charge in [-0.15, -0.1) is 0 Å². The van der Waals surface area contributed by atoms with Gasteiger partial charge in [-0.25, -0.2) is 0 Å². The molecule has 0 radical (unpaired) electrons. The first-order valence-electron chi connectivity index (χ1n) is 6.43. The summed E-state index contributed by atoms with van der Waals surface area (Å²) in [6, 6.07) is 21.4. The minimum atomic E-state index is 0.355. The summed E-state index contributed by atoms with van der Waals surface area (Å²) in [7, 11) is 2.20. The topological polar surface area (TPSA) is 6.48 Å². The second kappa shape index (κ2) is 4.83. The first-order valence-corrected chi connectivity index (χ1v) is 6.43. The fourth-order valence-electron chi connectivity index (χ4n) is 2.70. The molecule has 3 rings (SSSR count). The number of nitrogens with zero attached hydrogens (tertiary/aromatic N) is 2. The molecular weight excluding hydrogens is 220 g/mol. The normalized spacial score (nSPS) is 20.3. The molecule has 1 unspecified atom stereocenters. The molecule has 0 aliphatic carbocycles. The zero-order valence-electron chi connectivity index (χ0n) is 10.7. The molecule has 2 aromatic rings. The molecule has 2 nitrogen and oxygen atoms in total. The average molecular weight is 238 g/mol. The summed E-state index contributed by atoms with van der Waals surface area (Å²) >= 11 is 0. The third-order valence-electron chi connectivity index (χ3n) is 3.59. The van der Waals surface area contributed by atoms with Crippen LogP contribution in [0.25, 0.3) is 0 Å². The fraction of sp³-hybridized carbons (Fsp3) is 0.250. The van der Waals surface area contributed by atoms with Crippen LogP contribution in [0.1, 0.15) is 11.7 Å². The van der Waals surface area contributed by atoms with E-state index in [4.69, 9.17) is 0 Å². The van der Waals surface area contributed by atoms with Crippen LogP contribution in [0.3, 0.4) is 0 Å². The van der Waals surface area contributed by atoms with Crippen LogP contribution in [0, 0.1) is 0 Å². The zero-order chi connectivity index (χ0) is 12.4. The number of para-hydroxylation sites is 1. The zero-order valence-corrected chi connectivity index (χ0v) is 10.7. The van der Waals surface area contributed by atoms with E-state index >= 15 is 0 Å². The van der Waals surface area contributed by atoms with E-state index in [1.165, 1.54) is 11.3 Å². The van der Waals surface area contributed by atoms with Gasteiger partial charge in [0.2, 0.25) is 0 Å². The molecule has 2 heteroatoms. The van der Waals surface area contributed by atoms with E-state index in [-0.39, 0.29) is 0 Å². The van der Waals surface area contributed by atoms with Crippen LogP contribution < -0.4 is 4.90 Å². The van der Waals surface area contributed by atoms with E-state index in [1.807, 2.05) is 0 Å². The predicted octanol–water partition coefficient (Wildman–Crippen LogP) is 3.14. The number of hydrogen-bond donors (Lipinski definition) is 0. The largest absolute Gasteiger partial charge is 0.350 e. The summed E-state index contributed by atoms with van der Waals surface area (Å²) in [4.78, 5) is 4.87. The van der Waals surface area contributed by atoms with E-state index in [0.717, 1.165) is 13.1 Å². The van der Waals surface area contributed by atoms with Crippen LogP contribution in [-0.4, -0.2) is 25.0 Å². The van der Waals surface area contributed by atoms with Gasteiger partial charge in [0.1, 0.15) is 6.17 Å². The van der Waals surface area contributed by atoms with Gasteiger partial charge < -0.3 is 4.90 Å². The van der Waals surface area contributed by atoms with Gasteiger partial charge in [0.15, 0.2) is 0 Å². The Morgan fingerprint density at radius 1 is 0.833 bits per heavy atom. The van der Waals surface area contributed by atoms with Crippen molar-refractivity contribution in [2.24, 2.45) is 0 Å². The van der Waals surface area contributed by atoms with Crippen LogP contribution in [-0.2, 0) is 0 Å². The Morgan fingerprint density at radius 3 is 2.11 bits per heavy atom. The lowest BCUT2D eigenvalue weighted by Gasteiger charge is -2.30. The molecule has 1 heterocycles. The summed E-state index contributed by atoms with van der Waals surface area (Å²) in [6.07, 6.45) is 0.355. The molecule has 0 saturated carbocycles. The lowest BCUT2D eigenvalue weighted by Crippen LogP contribution is -2.28. The fourth-order valence-corrected chi connectivity index (χ4v) is 2.70. The van der Waals surface area contributed by atoms with Crippen LogP contribution in [0.4, 0.5) is 5.69 Å². The number of likely N-dealkylation sites (N-methyl/N-ethyl adjacent to an activating group) is 1. The highest BCUT2D eigenvalue weighted by Crippen LogP contribution is 2.32. The summed E-state index contributed by atoms with van der Waals surface area (Å²) in [5, 5.41) is 0. The molecule has 18 heavy (non-hydrogen) atoms. The van der Waals surface area contributed by atoms with E-state index < -0.39 is 0 Å². The number of hydrogen-bond acceptors (Lipinski definition) is 2. The van der Waals surface area contributed by atoms with Crippen LogP contribution in [0.15, 0.2) is 60.7 Å². The molecule has 0 spiro atoms. The third-order valence-corrected chi connectivity index (χ3v) is 3.59. The molecule has 0 aromatic heterocycles. The van der Waals surface area contributed by atoms with Crippen molar-refractivity contribution < 1.29 is 0 Å². The Balaban J connectivity index is 1.96. The van der Waals surface area contributed by atoms with Crippen molar-refractivity contribution >= 4 is 5.69 Å². The SMILES string of the molecule is CN1CCN(c2ccccc2)C1c1ccccc1. The first kappa shape index (κ1) is 11.3. The Morgan fingerprint density at radius 2 is 1.44 bits per heavy atom. The van der Waals surface area contributed by atoms with Crippen molar-refractivity contribution in [3.8, 4) is 0 Å². The van der Waals surface area contributed by atoms with Gasteiger partial charge in [-0.1, -0.05) is 48.5 Å². The lowest BCUT2D eigenvalue weighted by molar-refractivity contribution is 0.318.